The Morgan fingerprint density at radius 3 is 3.04 bits per heavy atom. The van der Waals surface area contributed by atoms with Crippen LogP contribution in [0, 0.1) is 11.3 Å². The van der Waals surface area contributed by atoms with E-state index in [0.717, 1.165) is 58.0 Å². The van der Waals surface area contributed by atoms with Gasteiger partial charge in [-0.3, -0.25) is 4.90 Å². The Morgan fingerprint density at radius 2 is 2.23 bits per heavy atom. The number of ether oxygens (including phenoxy) is 1. The van der Waals surface area contributed by atoms with Crippen molar-refractivity contribution in [3.05, 3.63) is 42.1 Å². The summed E-state index contributed by atoms with van der Waals surface area (Å²) >= 11 is 0. The van der Waals surface area contributed by atoms with Crippen LogP contribution in [0.15, 0.2) is 30.7 Å². The van der Waals surface area contributed by atoms with Gasteiger partial charge in [0, 0.05) is 46.0 Å². The zero-order valence-corrected chi connectivity index (χ0v) is 15.1. The van der Waals surface area contributed by atoms with Gasteiger partial charge in [-0.2, -0.15) is 5.26 Å². The standard InChI is InChI=1S/C19H24N6O/c1-23-15-21-11-17(23)12-24-8-9-26-19(13-24)6-3-7-25(14-19)18-5-2-4-16(10-20)22-18/h2,4-5,11,15H,3,6-9,12-14H2,1H3. The number of imidazole rings is 1. The molecule has 4 heterocycles. The second-order valence-corrected chi connectivity index (χ2v) is 7.26. The molecule has 4 rings (SSSR count). The number of hydrogen-bond donors (Lipinski definition) is 0. The van der Waals surface area contributed by atoms with Crippen LogP contribution in [0.2, 0.25) is 0 Å². The van der Waals surface area contributed by atoms with Crippen molar-refractivity contribution in [2.75, 3.05) is 37.7 Å². The molecule has 2 aromatic rings. The molecule has 0 radical (unpaired) electrons. The molecule has 1 atom stereocenters. The van der Waals surface area contributed by atoms with Gasteiger partial charge in [-0.15, -0.1) is 0 Å². The second-order valence-electron chi connectivity index (χ2n) is 7.26. The fourth-order valence-electron chi connectivity index (χ4n) is 4.03. The van der Waals surface area contributed by atoms with Crippen LogP contribution in [0.1, 0.15) is 24.2 Å². The van der Waals surface area contributed by atoms with Gasteiger partial charge in [-0.05, 0) is 25.0 Å². The molecular formula is C19H24N6O. The molecule has 0 aliphatic carbocycles. The number of rotatable bonds is 3. The molecule has 0 bridgehead atoms. The summed E-state index contributed by atoms with van der Waals surface area (Å²) in [6.07, 6.45) is 5.91. The highest BCUT2D eigenvalue weighted by Crippen LogP contribution is 2.31. The van der Waals surface area contributed by atoms with Crippen molar-refractivity contribution in [1.82, 2.24) is 19.4 Å². The maximum absolute atomic E-state index is 9.11. The van der Waals surface area contributed by atoms with Gasteiger partial charge >= 0.3 is 0 Å². The van der Waals surface area contributed by atoms with E-state index in [1.54, 1.807) is 6.07 Å². The summed E-state index contributed by atoms with van der Waals surface area (Å²) in [5.74, 6) is 0.871. The molecule has 0 N–H and O–H groups in total. The van der Waals surface area contributed by atoms with Crippen LogP contribution < -0.4 is 4.90 Å². The minimum Gasteiger partial charge on any atom is -0.370 e. The zero-order chi connectivity index (χ0) is 18.0. The summed E-state index contributed by atoms with van der Waals surface area (Å²) in [4.78, 5) is 13.4. The van der Waals surface area contributed by atoms with Crippen LogP contribution >= 0.6 is 0 Å². The molecule has 1 spiro atoms. The average Bonchev–Trinajstić information content (AvgIpc) is 3.06. The SMILES string of the molecule is Cn1cncc1CN1CCOC2(CCCN(c3cccc(C#N)n3)C2)C1. The van der Waals surface area contributed by atoms with Gasteiger partial charge < -0.3 is 14.2 Å². The van der Waals surface area contributed by atoms with Crippen molar-refractivity contribution in [2.45, 2.75) is 25.0 Å². The minimum absolute atomic E-state index is 0.167. The minimum atomic E-state index is -0.167. The van der Waals surface area contributed by atoms with E-state index in [0.29, 0.717) is 5.69 Å². The fraction of sp³-hybridized carbons (Fsp3) is 0.526. The second kappa shape index (κ2) is 7.06. The summed E-state index contributed by atoms with van der Waals surface area (Å²) in [6.45, 7) is 5.26. The maximum Gasteiger partial charge on any atom is 0.142 e. The molecule has 1 unspecified atom stereocenters. The van der Waals surface area contributed by atoms with E-state index >= 15 is 0 Å². The number of piperidine rings is 1. The normalized spacial score (nSPS) is 23.9. The molecule has 2 saturated heterocycles. The number of anilines is 1. The third kappa shape index (κ3) is 3.43. The van der Waals surface area contributed by atoms with E-state index < -0.39 is 0 Å². The Morgan fingerprint density at radius 1 is 1.31 bits per heavy atom. The molecule has 136 valence electrons. The van der Waals surface area contributed by atoms with Gasteiger partial charge in [0.25, 0.3) is 0 Å². The van der Waals surface area contributed by atoms with E-state index in [2.05, 4.69) is 30.4 Å². The number of nitrogens with zero attached hydrogens (tertiary/aromatic N) is 6. The highest BCUT2D eigenvalue weighted by atomic mass is 16.5. The average molecular weight is 352 g/mol. The number of pyridine rings is 1. The number of morpholine rings is 1. The third-order valence-electron chi connectivity index (χ3n) is 5.34. The van der Waals surface area contributed by atoms with Crippen molar-refractivity contribution >= 4 is 5.82 Å². The lowest BCUT2D eigenvalue weighted by atomic mass is 9.90. The van der Waals surface area contributed by atoms with Gasteiger partial charge in [0.1, 0.15) is 17.6 Å². The van der Waals surface area contributed by atoms with Crippen molar-refractivity contribution in [1.29, 1.82) is 5.26 Å². The highest BCUT2D eigenvalue weighted by Gasteiger charge is 2.41. The van der Waals surface area contributed by atoms with Crippen LogP contribution in [-0.2, 0) is 18.3 Å². The van der Waals surface area contributed by atoms with Crippen LogP contribution in [0.25, 0.3) is 0 Å². The molecule has 2 aromatic heterocycles. The van der Waals surface area contributed by atoms with Gasteiger partial charge in [0.05, 0.1) is 24.2 Å². The van der Waals surface area contributed by atoms with Crippen LogP contribution in [-0.4, -0.2) is 57.8 Å². The van der Waals surface area contributed by atoms with Crippen molar-refractivity contribution in [3.8, 4) is 6.07 Å². The lowest BCUT2D eigenvalue weighted by molar-refractivity contribution is -0.116. The van der Waals surface area contributed by atoms with Gasteiger partial charge in [0.2, 0.25) is 0 Å². The Hall–Kier alpha value is -2.43. The number of nitriles is 1. The largest absolute Gasteiger partial charge is 0.370 e. The summed E-state index contributed by atoms with van der Waals surface area (Å²) in [6, 6.07) is 7.76. The number of aromatic nitrogens is 3. The third-order valence-corrected chi connectivity index (χ3v) is 5.34. The lowest BCUT2D eigenvalue weighted by Gasteiger charge is -2.48. The Labute approximate surface area is 153 Å². The van der Waals surface area contributed by atoms with Crippen molar-refractivity contribution in [3.63, 3.8) is 0 Å². The van der Waals surface area contributed by atoms with Gasteiger partial charge in [0.15, 0.2) is 0 Å². The van der Waals surface area contributed by atoms with Gasteiger partial charge in [-0.1, -0.05) is 6.07 Å². The quantitative estimate of drug-likeness (QED) is 0.835. The van der Waals surface area contributed by atoms with E-state index in [1.165, 1.54) is 5.69 Å². The predicted octanol–water partition coefficient (Wildman–Crippen LogP) is 1.56. The maximum atomic E-state index is 9.11. The molecule has 2 aliphatic rings. The van der Waals surface area contributed by atoms with E-state index in [9.17, 15) is 0 Å². The first-order valence-electron chi connectivity index (χ1n) is 9.11. The Kier molecular flexibility index (Phi) is 4.62. The number of hydrogen-bond acceptors (Lipinski definition) is 6. The topological polar surface area (TPSA) is 70.2 Å². The Balaban J connectivity index is 1.48. The van der Waals surface area contributed by atoms with Crippen molar-refractivity contribution in [2.24, 2.45) is 7.05 Å². The molecule has 26 heavy (non-hydrogen) atoms. The number of aryl methyl sites for hydroxylation is 1. The molecule has 0 aromatic carbocycles. The molecule has 2 fully saturated rings. The predicted molar refractivity (Wildman–Crippen MR) is 97.6 cm³/mol. The van der Waals surface area contributed by atoms with Gasteiger partial charge in [-0.25, -0.2) is 9.97 Å². The first-order chi connectivity index (χ1) is 12.7. The van der Waals surface area contributed by atoms with Crippen LogP contribution in [0.5, 0.6) is 0 Å². The van der Waals surface area contributed by atoms with E-state index in [4.69, 9.17) is 10.00 Å². The van der Waals surface area contributed by atoms with Crippen molar-refractivity contribution < 1.29 is 4.74 Å². The van der Waals surface area contributed by atoms with Crippen LogP contribution in [0.3, 0.4) is 0 Å². The lowest BCUT2D eigenvalue weighted by Crippen LogP contribution is -2.59. The summed E-state index contributed by atoms with van der Waals surface area (Å²) < 4.78 is 8.37. The van der Waals surface area contributed by atoms with Crippen LogP contribution in [0.4, 0.5) is 5.82 Å². The smallest absolute Gasteiger partial charge is 0.142 e. The molecule has 7 nitrogen and oxygen atoms in total. The fourth-order valence-corrected chi connectivity index (χ4v) is 4.03. The molecule has 7 heteroatoms. The van der Waals surface area contributed by atoms with E-state index in [-0.39, 0.29) is 5.60 Å². The molecule has 2 aliphatic heterocycles. The first kappa shape index (κ1) is 17.0. The molecule has 0 amide bonds. The monoisotopic (exact) mass is 352 g/mol. The zero-order valence-electron chi connectivity index (χ0n) is 15.1. The first-order valence-corrected chi connectivity index (χ1v) is 9.11. The Bertz CT molecular complexity index is 808. The molecule has 0 saturated carbocycles. The summed E-state index contributed by atoms with van der Waals surface area (Å²) in [5.41, 5.74) is 1.52. The highest BCUT2D eigenvalue weighted by molar-refractivity contribution is 5.42. The molecular weight excluding hydrogens is 328 g/mol. The summed E-state index contributed by atoms with van der Waals surface area (Å²) in [5, 5.41) is 9.11. The van der Waals surface area contributed by atoms with E-state index in [1.807, 2.05) is 31.7 Å². The summed E-state index contributed by atoms with van der Waals surface area (Å²) in [7, 11) is 2.04.